The molecule has 1 heterocycles. The highest BCUT2D eigenvalue weighted by Crippen LogP contribution is 2.22. The van der Waals surface area contributed by atoms with E-state index >= 15 is 0 Å². The minimum atomic E-state index is -1.02. The van der Waals surface area contributed by atoms with Gasteiger partial charge in [-0.2, -0.15) is 0 Å². The number of benzene rings is 1. The summed E-state index contributed by atoms with van der Waals surface area (Å²) >= 11 is 0. The van der Waals surface area contributed by atoms with Gasteiger partial charge < -0.3 is 5.11 Å². The van der Waals surface area contributed by atoms with E-state index in [0.717, 1.165) is 5.56 Å². The molecule has 0 bridgehead atoms. The predicted molar refractivity (Wildman–Crippen MR) is 57.8 cm³/mol. The molecule has 2 atom stereocenters. The van der Waals surface area contributed by atoms with Gasteiger partial charge >= 0.3 is 5.97 Å². The fourth-order valence-electron chi connectivity index (χ4n) is 2.10. The molecule has 1 N–H and O–H groups in total. The van der Waals surface area contributed by atoms with Gasteiger partial charge in [-0.1, -0.05) is 30.3 Å². The van der Waals surface area contributed by atoms with Crippen LogP contribution in [0.25, 0.3) is 0 Å². The number of carboxylic acid groups (broad SMARTS) is 1. The molecule has 1 aliphatic heterocycles. The number of alkyl halides is 1. The highest BCUT2D eigenvalue weighted by atomic mass is 19.1. The fourth-order valence-corrected chi connectivity index (χ4v) is 2.10. The second-order valence-corrected chi connectivity index (χ2v) is 4.10. The van der Waals surface area contributed by atoms with E-state index in [4.69, 9.17) is 5.11 Å². The van der Waals surface area contributed by atoms with Gasteiger partial charge in [0.1, 0.15) is 12.2 Å². The summed E-state index contributed by atoms with van der Waals surface area (Å²) in [6.07, 6.45) is -0.924. The molecule has 1 aromatic carbocycles. The van der Waals surface area contributed by atoms with Crippen molar-refractivity contribution in [2.24, 2.45) is 0 Å². The summed E-state index contributed by atoms with van der Waals surface area (Å²) in [5.41, 5.74) is 1.02. The molecule has 1 saturated heterocycles. The van der Waals surface area contributed by atoms with Gasteiger partial charge in [-0.25, -0.2) is 4.39 Å². The molecule has 3 nitrogen and oxygen atoms in total. The lowest BCUT2D eigenvalue weighted by Gasteiger charge is -2.20. The summed E-state index contributed by atoms with van der Waals surface area (Å²) in [5, 5.41) is 8.97. The monoisotopic (exact) mass is 223 g/mol. The smallest absolute Gasteiger partial charge is 0.321 e. The SMILES string of the molecule is O=C(O)[C@@H]1CC(F)CN1Cc1ccccc1. The zero-order valence-corrected chi connectivity index (χ0v) is 8.84. The number of carbonyl (C=O) groups is 1. The first-order chi connectivity index (χ1) is 7.66. The van der Waals surface area contributed by atoms with E-state index in [9.17, 15) is 9.18 Å². The molecule has 0 spiro atoms. The standard InChI is InChI=1S/C12H14FNO2/c13-10-6-11(12(15)16)14(8-10)7-9-4-2-1-3-5-9/h1-5,10-11H,6-8H2,(H,15,16)/t10?,11-/m0/s1. The van der Waals surface area contributed by atoms with Crippen LogP contribution in [0.4, 0.5) is 4.39 Å². The van der Waals surface area contributed by atoms with Crippen LogP contribution in [0.15, 0.2) is 30.3 Å². The number of carboxylic acids is 1. The summed E-state index contributed by atoms with van der Waals surface area (Å²) < 4.78 is 13.2. The molecule has 16 heavy (non-hydrogen) atoms. The van der Waals surface area contributed by atoms with E-state index in [1.54, 1.807) is 4.90 Å². The summed E-state index contributed by atoms with van der Waals surface area (Å²) in [6, 6.07) is 8.85. The lowest BCUT2D eigenvalue weighted by molar-refractivity contribution is -0.142. The van der Waals surface area contributed by atoms with Crippen molar-refractivity contribution in [3.8, 4) is 0 Å². The highest BCUT2D eigenvalue weighted by molar-refractivity contribution is 5.74. The quantitative estimate of drug-likeness (QED) is 0.847. The molecule has 1 aliphatic rings. The maximum atomic E-state index is 13.2. The maximum Gasteiger partial charge on any atom is 0.321 e. The van der Waals surface area contributed by atoms with Gasteiger partial charge in [0, 0.05) is 19.5 Å². The molecule has 1 fully saturated rings. The van der Waals surface area contributed by atoms with Crippen LogP contribution >= 0.6 is 0 Å². The number of nitrogens with zero attached hydrogens (tertiary/aromatic N) is 1. The summed E-state index contributed by atoms with van der Waals surface area (Å²) in [5.74, 6) is -0.934. The van der Waals surface area contributed by atoms with E-state index in [1.807, 2.05) is 30.3 Å². The Morgan fingerprint density at radius 2 is 2.12 bits per heavy atom. The van der Waals surface area contributed by atoms with E-state index in [0.29, 0.717) is 6.54 Å². The Labute approximate surface area is 93.5 Å². The summed E-state index contributed by atoms with van der Waals surface area (Å²) in [7, 11) is 0. The zero-order chi connectivity index (χ0) is 11.5. The first-order valence-corrected chi connectivity index (χ1v) is 5.31. The molecular formula is C12H14FNO2. The summed E-state index contributed by atoms with van der Waals surface area (Å²) in [4.78, 5) is 12.6. The van der Waals surface area contributed by atoms with Crippen molar-refractivity contribution in [1.82, 2.24) is 4.90 Å². The second kappa shape index (κ2) is 4.61. The number of rotatable bonds is 3. The van der Waals surface area contributed by atoms with E-state index in [-0.39, 0.29) is 13.0 Å². The lowest BCUT2D eigenvalue weighted by atomic mass is 10.2. The molecular weight excluding hydrogens is 209 g/mol. The van der Waals surface area contributed by atoms with Crippen molar-refractivity contribution >= 4 is 5.97 Å². The first-order valence-electron chi connectivity index (χ1n) is 5.31. The number of aliphatic carboxylic acids is 1. The first kappa shape index (κ1) is 11.1. The van der Waals surface area contributed by atoms with Crippen LogP contribution in [-0.2, 0) is 11.3 Å². The van der Waals surface area contributed by atoms with Crippen LogP contribution in [0.5, 0.6) is 0 Å². The van der Waals surface area contributed by atoms with Crippen molar-refractivity contribution in [2.45, 2.75) is 25.2 Å². The number of hydrogen-bond donors (Lipinski definition) is 1. The van der Waals surface area contributed by atoms with Gasteiger partial charge in [0.15, 0.2) is 0 Å². The van der Waals surface area contributed by atoms with Crippen LogP contribution in [0.3, 0.4) is 0 Å². The Morgan fingerprint density at radius 3 is 2.75 bits per heavy atom. The average Bonchev–Trinajstić information content (AvgIpc) is 2.61. The number of likely N-dealkylation sites (tertiary alicyclic amines) is 1. The molecule has 4 heteroatoms. The Morgan fingerprint density at radius 1 is 1.44 bits per heavy atom. The normalized spacial score (nSPS) is 25.8. The van der Waals surface area contributed by atoms with Crippen LogP contribution in [0.2, 0.25) is 0 Å². The average molecular weight is 223 g/mol. The topological polar surface area (TPSA) is 40.5 Å². The Hall–Kier alpha value is -1.42. The minimum absolute atomic E-state index is 0.0994. The third kappa shape index (κ3) is 2.39. The van der Waals surface area contributed by atoms with Crippen LogP contribution < -0.4 is 0 Å². The van der Waals surface area contributed by atoms with Crippen molar-refractivity contribution in [1.29, 1.82) is 0 Å². The third-order valence-electron chi connectivity index (χ3n) is 2.87. The lowest BCUT2D eigenvalue weighted by Crippen LogP contribution is -2.35. The Bertz CT molecular complexity index is 369. The van der Waals surface area contributed by atoms with Gasteiger partial charge in [-0.15, -0.1) is 0 Å². The van der Waals surface area contributed by atoms with Crippen molar-refractivity contribution in [2.75, 3.05) is 6.54 Å². The minimum Gasteiger partial charge on any atom is -0.480 e. The largest absolute Gasteiger partial charge is 0.480 e. The van der Waals surface area contributed by atoms with Gasteiger partial charge in [0.05, 0.1) is 0 Å². The zero-order valence-electron chi connectivity index (χ0n) is 8.84. The Kier molecular flexibility index (Phi) is 3.19. The van der Waals surface area contributed by atoms with Gasteiger partial charge in [-0.3, -0.25) is 9.69 Å². The van der Waals surface area contributed by atoms with Crippen LogP contribution in [-0.4, -0.2) is 34.7 Å². The van der Waals surface area contributed by atoms with Crippen molar-refractivity contribution in [3.63, 3.8) is 0 Å². The van der Waals surface area contributed by atoms with Crippen LogP contribution in [0, 0.1) is 0 Å². The Balaban J connectivity index is 2.06. The van der Waals surface area contributed by atoms with E-state index in [1.165, 1.54) is 0 Å². The molecule has 0 amide bonds. The predicted octanol–water partition coefficient (Wildman–Crippen LogP) is 1.68. The maximum absolute atomic E-state index is 13.2. The van der Waals surface area contributed by atoms with Gasteiger partial charge in [-0.05, 0) is 5.56 Å². The molecule has 0 radical (unpaired) electrons. The molecule has 0 aromatic heterocycles. The molecule has 0 aliphatic carbocycles. The highest BCUT2D eigenvalue weighted by Gasteiger charge is 2.36. The van der Waals surface area contributed by atoms with Crippen LogP contribution in [0.1, 0.15) is 12.0 Å². The third-order valence-corrected chi connectivity index (χ3v) is 2.87. The molecule has 1 aromatic rings. The number of halogens is 1. The second-order valence-electron chi connectivity index (χ2n) is 4.10. The molecule has 1 unspecified atom stereocenters. The number of hydrogen-bond acceptors (Lipinski definition) is 2. The molecule has 86 valence electrons. The summed E-state index contributed by atoms with van der Waals surface area (Å²) in [6.45, 7) is 0.712. The fraction of sp³-hybridized carbons (Fsp3) is 0.417. The van der Waals surface area contributed by atoms with E-state index in [2.05, 4.69) is 0 Å². The van der Waals surface area contributed by atoms with E-state index < -0.39 is 18.2 Å². The van der Waals surface area contributed by atoms with Gasteiger partial charge in [0.25, 0.3) is 0 Å². The molecule has 0 saturated carbocycles. The van der Waals surface area contributed by atoms with Crippen molar-refractivity contribution < 1.29 is 14.3 Å². The molecule has 2 rings (SSSR count). The van der Waals surface area contributed by atoms with Gasteiger partial charge in [0.2, 0.25) is 0 Å². The van der Waals surface area contributed by atoms with Crippen molar-refractivity contribution in [3.05, 3.63) is 35.9 Å².